The maximum Gasteiger partial charge on any atom is 0.338 e. The maximum atomic E-state index is 12.6. The predicted molar refractivity (Wildman–Crippen MR) is 95.8 cm³/mol. The zero-order valence-electron chi connectivity index (χ0n) is 15.5. The molecule has 8 nitrogen and oxygen atoms in total. The first kappa shape index (κ1) is 19.4. The van der Waals surface area contributed by atoms with Gasteiger partial charge in [0.1, 0.15) is 6.54 Å². The number of carbonyl (C=O) groups excluding carboxylic acids is 2. The Morgan fingerprint density at radius 3 is 2.35 bits per heavy atom. The lowest BCUT2D eigenvalue weighted by Crippen LogP contribution is -2.39. The number of aryl methyl sites for hydroxylation is 1. The van der Waals surface area contributed by atoms with Crippen molar-refractivity contribution in [1.29, 1.82) is 0 Å². The van der Waals surface area contributed by atoms with Crippen molar-refractivity contribution < 1.29 is 18.7 Å². The summed E-state index contributed by atoms with van der Waals surface area (Å²) in [4.78, 5) is 25.8. The summed E-state index contributed by atoms with van der Waals surface area (Å²) in [6, 6.07) is 6.18. The lowest BCUT2D eigenvalue weighted by molar-refractivity contribution is 0.0526. The van der Waals surface area contributed by atoms with Gasteiger partial charge >= 0.3 is 12.0 Å². The summed E-state index contributed by atoms with van der Waals surface area (Å²) in [5.41, 5.74) is 1.01. The Bertz CT molecular complexity index is 740. The molecule has 1 aromatic carbocycles. The topological polar surface area (TPSA) is 97.6 Å². The van der Waals surface area contributed by atoms with Crippen LogP contribution in [0.1, 0.15) is 49.8 Å². The van der Waals surface area contributed by atoms with Gasteiger partial charge in [0, 0.05) is 18.2 Å². The van der Waals surface area contributed by atoms with E-state index in [9.17, 15) is 9.59 Å². The minimum atomic E-state index is -0.391. The van der Waals surface area contributed by atoms with Crippen molar-refractivity contribution in [3.05, 3.63) is 41.6 Å². The highest BCUT2D eigenvalue weighted by atomic mass is 16.5. The molecule has 2 aromatic rings. The van der Waals surface area contributed by atoms with Gasteiger partial charge in [0.15, 0.2) is 0 Å². The van der Waals surface area contributed by atoms with Crippen LogP contribution in [-0.2, 0) is 17.7 Å². The molecule has 140 valence electrons. The fourth-order valence-corrected chi connectivity index (χ4v) is 2.23. The highest BCUT2D eigenvalue weighted by Crippen LogP contribution is 2.14. The van der Waals surface area contributed by atoms with Gasteiger partial charge in [-0.1, -0.05) is 6.92 Å². The molecule has 0 radical (unpaired) electrons. The molecule has 0 fully saturated rings. The number of nitrogens with zero attached hydrogens (tertiary/aromatic N) is 3. The number of hydrogen-bond acceptors (Lipinski definition) is 6. The monoisotopic (exact) mass is 360 g/mol. The van der Waals surface area contributed by atoms with Gasteiger partial charge in [-0.05, 0) is 45.0 Å². The molecule has 26 heavy (non-hydrogen) atoms. The van der Waals surface area contributed by atoms with E-state index in [1.165, 1.54) is 0 Å². The number of esters is 1. The van der Waals surface area contributed by atoms with Gasteiger partial charge in [-0.15, -0.1) is 10.2 Å². The normalized spacial score (nSPS) is 10.7. The lowest BCUT2D eigenvalue weighted by Gasteiger charge is -2.25. The summed E-state index contributed by atoms with van der Waals surface area (Å²) < 4.78 is 10.4. The van der Waals surface area contributed by atoms with Crippen molar-refractivity contribution in [2.24, 2.45) is 0 Å². The second kappa shape index (κ2) is 8.98. The third-order valence-electron chi connectivity index (χ3n) is 3.65. The quantitative estimate of drug-likeness (QED) is 0.761. The molecule has 0 aliphatic carbocycles. The molecular formula is C18H24N4O4. The molecule has 2 amide bonds. The van der Waals surface area contributed by atoms with Crippen molar-refractivity contribution in [1.82, 2.24) is 15.1 Å². The minimum Gasteiger partial charge on any atom is -0.462 e. The number of anilines is 1. The Morgan fingerprint density at radius 2 is 1.81 bits per heavy atom. The molecule has 0 aliphatic heterocycles. The summed E-state index contributed by atoms with van der Waals surface area (Å²) in [5, 5.41) is 10.7. The molecule has 0 spiro atoms. The Labute approximate surface area is 152 Å². The van der Waals surface area contributed by atoms with E-state index >= 15 is 0 Å². The number of urea groups is 1. The third-order valence-corrected chi connectivity index (χ3v) is 3.65. The summed E-state index contributed by atoms with van der Waals surface area (Å²) in [7, 11) is 0. The Balaban J connectivity index is 2.03. The van der Waals surface area contributed by atoms with Crippen LogP contribution in [0.4, 0.5) is 10.5 Å². The number of rotatable bonds is 7. The predicted octanol–water partition coefficient (Wildman–Crippen LogP) is 3.25. The van der Waals surface area contributed by atoms with E-state index in [2.05, 4.69) is 15.5 Å². The number of hydrogen-bond donors (Lipinski definition) is 1. The van der Waals surface area contributed by atoms with Crippen molar-refractivity contribution in [2.75, 3.05) is 11.9 Å². The average Bonchev–Trinajstić information content (AvgIpc) is 3.08. The number of ether oxygens (including phenoxy) is 1. The van der Waals surface area contributed by atoms with Crippen LogP contribution in [0, 0.1) is 0 Å². The van der Waals surface area contributed by atoms with E-state index in [-0.39, 0.29) is 18.6 Å². The molecule has 0 atom stereocenters. The van der Waals surface area contributed by atoms with Gasteiger partial charge in [0.2, 0.25) is 11.8 Å². The SMILES string of the molecule is CCOC(=O)c1ccc(NC(=O)N(Cc2nnc(CC)o2)C(C)C)cc1. The molecule has 1 heterocycles. The lowest BCUT2D eigenvalue weighted by atomic mass is 10.2. The third kappa shape index (κ3) is 5.05. The summed E-state index contributed by atoms with van der Waals surface area (Å²) in [5.74, 6) is 0.541. The second-order valence-electron chi connectivity index (χ2n) is 5.89. The first-order chi connectivity index (χ1) is 12.4. The van der Waals surface area contributed by atoms with Crippen molar-refractivity contribution in [3.8, 4) is 0 Å². The number of benzene rings is 1. The molecule has 1 N–H and O–H groups in total. The average molecular weight is 360 g/mol. The van der Waals surface area contributed by atoms with Crippen LogP contribution in [0.2, 0.25) is 0 Å². The molecule has 2 rings (SSSR count). The van der Waals surface area contributed by atoms with E-state index < -0.39 is 5.97 Å². The fraction of sp³-hybridized carbons (Fsp3) is 0.444. The highest BCUT2D eigenvalue weighted by Gasteiger charge is 2.20. The fourth-order valence-electron chi connectivity index (χ4n) is 2.23. The summed E-state index contributed by atoms with van der Waals surface area (Å²) in [6.07, 6.45) is 0.647. The smallest absolute Gasteiger partial charge is 0.338 e. The second-order valence-corrected chi connectivity index (χ2v) is 5.89. The molecule has 0 saturated carbocycles. The molecule has 0 saturated heterocycles. The van der Waals surface area contributed by atoms with Gasteiger partial charge in [-0.2, -0.15) is 0 Å². The minimum absolute atomic E-state index is 0.0641. The molecule has 0 bridgehead atoms. The zero-order chi connectivity index (χ0) is 19.1. The van der Waals surface area contributed by atoms with Crippen molar-refractivity contribution in [2.45, 2.75) is 46.7 Å². The molecule has 0 unspecified atom stereocenters. The van der Waals surface area contributed by atoms with Crippen LogP contribution >= 0.6 is 0 Å². The van der Waals surface area contributed by atoms with E-state index in [1.54, 1.807) is 36.1 Å². The van der Waals surface area contributed by atoms with Crippen LogP contribution in [0.5, 0.6) is 0 Å². The van der Waals surface area contributed by atoms with Crippen LogP contribution in [0.3, 0.4) is 0 Å². The van der Waals surface area contributed by atoms with Gasteiger partial charge in [-0.25, -0.2) is 9.59 Å². The zero-order valence-corrected chi connectivity index (χ0v) is 15.5. The van der Waals surface area contributed by atoms with Crippen LogP contribution in [-0.4, -0.2) is 39.7 Å². The maximum absolute atomic E-state index is 12.6. The summed E-state index contributed by atoms with van der Waals surface area (Å²) in [6.45, 7) is 8.01. The first-order valence-electron chi connectivity index (χ1n) is 8.60. The molecule has 8 heteroatoms. The van der Waals surface area contributed by atoms with Gasteiger partial charge in [-0.3, -0.25) is 0 Å². The first-order valence-corrected chi connectivity index (χ1v) is 8.60. The Hall–Kier alpha value is -2.90. The van der Waals surface area contributed by atoms with E-state index in [4.69, 9.17) is 9.15 Å². The van der Waals surface area contributed by atoms with Crippen molar-refractivity contribution >= 4 is 17.7 Å². The van der Waals surface area contributed by atoms with E-state index in [1.807, 2.05) is 20.8 Å². The van der Waals surface area contributed by atoms with Gasteiger partial charge in [0.05, 0.1) is 12.2 Å². The van der Waals surface area contributed by atoms with E-state index in [0.29, 0.717) is 36.1 Å². The number of nitrogens with one attached hydrogen (secondary N) is 1. The van der Waals surface area contributed by atoms with Crippen LogP contribution in [0.15, 0.2) is 28.7 Å². The Morgan fingerprint density at radius 1 is 1.15 bits per heavy atom. The van der Waals surface area contributed by atoms with Gasteiger partial charge in [0.25, 0.3) is 0 Å². The number of carbonyl (C=O) groups is 2. The Kier molecular flexibility index (Phi) is 6.71. The van der Waals surface area contributed by atoms with Crippen molar-refractivity contribution in [3.63, 3.8) is 0 Å². The molecule has 0 aliphatic rings. The number of amides is 2. The van der Waals surface area contributed by atoms with Crippen LogP contribution in [0.25, 0.3) is 0 Å². The number of aromatic nitrogens is 2. The van der Waals surface area contributed by atoms with E-state index in [0.717, 1.165) is 0 Å². The largest absolute Gasteiger partial charge is 0.462 e. The molecular weight excluding hydrogens is 336 g/mol. The highest BCUT2D eigenvalue weighted by molar-refractivity contribution is 5.92. The van der Waals surface area contributed by atoms with Gasteiger partial charge < -0.3 is 19.4 Å². The van der Waals surface area contributed by atoms with Crippen LogP contribution < -0.4 is 5.32 Å². The standard InChI is InChI=1S/C18H24N4O4/c1-5-15-20-21-16(26-15)11-22(12(3)4)18(24)19-14-9-7-13(8-10-14)17(23)25-6-2/h7-10,12H,5-6,11H2,1-4H3,(H,19,24). The summed E-state index contributed by atoms with van der Waals surface area (Å²) >= 11 is 0. The molecule has 1 aromatic heterocycles.